The smallest absolute Gasteiger partial charge is 0.240 e. The number of Topliss-reactive ketones (excluding diaryl/α,β-unsaturated/α-hetero) is 1. The van der Waals surface area contributed by atoms with Gasteiger partial charge in [-0.2, -0.15) is 0 Å². The van der Waals surface area contributed by atoms with Crippen LogP contribution in [0.25, 0.3) is 0 Å². The van der Waals surface area contributed by atoms with Crippen LogP contribution >= 0.6 is 0 Å². The lowest BCUT2D eigenvalue weighted by atomic mass is 10.2. The van der Waals surface area contributed by atoms with Crippen LogP contribution in [0.3, 0.4) is 0 Å². The van der Waals surface area contributed by atoms with Crippen molar-refractivity contribution in [3.63, 3.8) is 0 Å². The minimum absolute atomic E-state index is 0.0362. The molecule has 2 aromatic rings. The van der Waals surface area contributed by atoms with E-state index in [1.54, 1.807) is 4.90 Å². The van der Waals surface area contributed by atoms with E-state index in [9.17, 15) is 18.0 Å². The van der Waals surface area contributed by atoms with Crippen LogP contribution in [-0.2, 0) is 14.8 Å². The van der Waals surface area contributed by atoms with Crippen molar-refractivity contribution in [1.82, 2.24) is 9.62 Å². The van der Waals surface area contributed by atoms with Crippen molar-refractivity contribution in [2.75, 3.05) is 37.6 Å². The number of nitrogens with zero attached hydrogens (tertiary/aromatic N) is 2. The SMILES string of the molecule is CC(=O)c1ccc(S(=O)(=O)NCCC(=O)N2CCN(c3ccccc3)CC2)cc1. The van der Waals surface area contributed by atoms with Gasteiger partial charge in [0.25, 0.3) is 0 Å². The zero-order valence-electron chi connectivity index (χ0n) is 16.4. The standard InChI is InChI=1S/C21H25N3O4S/c1-17(25)18-7-9-20(10-8-18)29(27,28)22-12-11-21(26)24-15-13-23(14-16-24)19-5-3-2-4-6-19/h2-10,22H,11-16H2,1H3. The molecule has 0 radical (unpaired) electrons. The van der Waals surface area contributed by atoms with Crippen molar-refractivity contribution in [2.24, 2.45) is 0 Å². The minimum Gasteiger partial charge on any atom is -0.368 e. The lowest BCUT2D eigenvalue weighted by Gasteiger charge is -2.36. The van der Waals surface area contributed by atoms with E-state index in [-0.39, 0.29) is 29.6 Å². The third-order valence-electron chi connectivity index (χ3n) is 4.96. The van der Waals surface area contributed by atoms with Crippen LogP contribution in [0.4, 0.5) is 5.69 Å². The molecule has 1 N–H and O–H groups in total. The zero-order chi connectivity index (χ0) is 20.9. The first kappa shape index (κ1) is 21.0. The fourth-order valence-corrected chi connectivity index (χ4v) is 4.29. The van der Waals surface area contributed by atoms with E-state index < -0.39 is 10.0 Å². The Balaban J connectivity index is 1.46. The number of rotatable bonds is 7. The Morgan fingerprint density at radius 2 is 1.55 bits per heavy atom. The summed E-state index contributed by atoms with van der Waals surface area (Å²) in [6.45, 7) is 4.20. The molecule has 1 aliphatic rings. The molecule has 0 atom stereocenters. The number of para-hydroxylation sites is 1. The van der Waals surface area contributed by atoms with Crippen LogP contribution in [0.15, 0.2) is 59.5 Å². The third kappa shape index (κ3) is 5.42. The van der Waals surface area contributed by atoms with Gasteiger partial charge in [0.1, 0.15) is 0 Å². The van der Waals surface area contributed by atoms with E-state index in [4.69, 9.17) is 0 Å². The van der Waals surface area contributed by atoms with E-state index in [0.29, 0.717) is 18.7 Å². The minimum atomic E-state index is -3.71. The predicted octanol–water partition coefficient (Wildman–Crippen LogP) is 1.91. The van der Waals surface area contributed by atoms with E-state index >= 15 is 0 Å². The molecule has 1 heterocycles. The van der Waals surface area contributed by atoms with Gasteiger partial charge in [0.2, 0.25) is 15.9 Å². The largest absolute Gasteiger partial charge is 0.368 e. The van der Waals surface area contributed by atoms with Crippen LogP contribution in [-0.4, -0.2) is 57.7 Å². The Labute approximate surface area is 171 Å². The summed E-state index contributed by atoms with van der Waals surface area (Å²) in [5, 5.41) is 0. The first-order chi connectivity index (χ1) is 13.9. The molecule has 1 amide bonds. The number of ketones is 1. The van der Waals surface area contributed by atoms with Gasteiger partial charge >= 0.3 is 0 Å². The van der Waals surface area contributed by atoms with E-state index in [2.05, 4.69) is 21.8 Å². The van der Waals surface area contributed by atoms with E-state index in [0.717, 1.165) is 18.8 Å². The van der Waals surface area contributed by atoms with Crippen molar-refractivity contribution >= 4 is 27.4 Å². The normalized spacial score (nSPS) is 14.7. The average Bonchev–Trinajstić information content (AvgIpc) is 2.74. The molecule has 7 nitrogen and oxygen atoms in total. The molecule has 2 aromatic carbocycles. The number of hydrogen-bond donors (Lipinski definition) is 1. The number of benzene rings is 2. The summed E-state index contributed by atoms with van der Waals surface area (Å²) in [6.07, 6.45) is 0.107. The van der Waals surface area contributed by atoms with Gasteiger partial charge in [0.15, 0.2) is 5.78 Å². The number of hydrogen-bond acceptors (Lipinski definition) is 5. The van der Waals surface area contributed by atoms with Gasteiger partial charge in [-0.3, -0.25) is 9.59 Å². The summed E-state index contributed by atoms with van der Waals surface area (Å²) in [6, 6.07) is 15.8. The summed E-state index contributed by atoms with van der Waals surface area (Å²) in [5.74, 6) is -0.188. The van der Waals surface area contributed by atoms with Crippen LogP contribution in [0.5, 0.6) is 0 Å². The number of amides is 1. The second-order valence-electron chi connectivity index (χ2n) is 6.93. The topological polar surface area (TPSA) is 86.8 Å². The maximum atomic E-state index is 12.4. The highest BCUT2D eigenvalue weighted by atomic mass is 32.2. The zero-order valence-corrected chi connectivity index (χ0v) is 17.2. The van der Waals surface area contributed by atoms with Crippen LogP contribution in [0.2, 0.25) is 0 Å². The van der Waals surface area contributed by atoms with Crippen molar-refractivity contribution in [1.29, 1.82) is 0 Å². The van der Waals surface area contributed by atoms with Gasteiger partial charge in [0.05, 0.1) is 4.90 Å². The Morgan fingerprint density at radius 1 is 0.931 bits per heavy atom. The maximum absolute atomic E-state index is 12.4. The van der Waals surface area contributed by atoms with Gasteiger partial charge in [-0.15, -0.1) is 0 Å². The maximum Gasteiger partial charge on any atom is 0.240 e. The molecule has 0 aliphatic carbocycles. The number of carbonyl (C=O) groups is 2. The fourth-order valence-electron chi connectivity index (χ4n) is 3.26. The molecule has 1 aliphatic heterocycles. The Hall–Kier alpha value is -2.71. The van der Waals surface area contributed by atoms with Crippen molar-refractivity contribution in [2.45, 2.75) is 18.2 Å². The molecular weight excluding hydrogens is 390 g/mol. The van der Waals surface area contributed by atoms with Gasteiger partial charge in [-0.25, -0.2) is 13.1 Å². The number of anilines is 1. The monoisotopic (exact) mass is 415 g/mol. The summed E-state index contributed by atoms with van der Waals surface area (Å²) in [7, 11) is -3.71. The number of carbonyl (C=O) groups excluding carboxylic acids is 2. The molecule has 0 unspecified atom stereocenters. The molecule has 1 fully saturated rings. The number of nitrogens with one attached hydrogen (secondary N) is 1. The van der Waals surface area contributed by atoms with Gasteiger partial charge in [-0.05, 0) is 31.2 Å². The second kappa shape index (κ2) is 9.19. The van der Waals surface area contributed by atoms with Crippen molar-refractivity contribution in [3.05, 3.63) is 60.2 Å². The molecule has 0 aromatic heterocycles. The highest BCUT2D eigenvalue weighted by Gasteiger charge is 2.22. The van der Waals surface area contributed by atoms with E-state index in [1.807, 2.05) is 18.2 Å². The van der Waals surface area contributed by atoms with Crippen LogP contribution in [0, 0.1) is 0 Å². The molecule has 8 heteroatoms. The molecule has 1 saturated heterocycles. The lowest BCUT2D eigenvalue weighted by molar-refractivity contribution is -0.131. The summed E-state index contributed by atoms with van der Waals surface area (Å²) in [4.78, 5) is 27.8. The predicted molar refractivity (Wildman–Crippen MR) is 111 cm³/mol. The fraction of sp³-hybridized carbons (Fsp3) is 0.333. The molecule has 3 rings (SSSR count). The average molecular weight is 416 g/mol. The molecule has 0 spiro atoms. The van der Waals surface area contributed by atoms with Gasteiger partial charge < -0.3 is 9.80 Å². The van der Waals surface area contributed by atoms with Gasteiger partial charge in [0, 0.05) is 50.4 Å². The Kier molecular flexibility index (Phi) is 6.66. The van der Waals surface area contributed by atoms with E-state index in [1.165, 1.54) is 31.2 Å². The summed E-state index contributed by atoms with van der Waals surface area (Å²) in [5.41, 5.74) is 1.59. The molecule has 0 saturated carbocycles. The summed E-state index contributed by atoms with van der Waals surface area (Å²) >= 11 is 0. The molecular formula is C21H25N3O4S. The first-order valence-electron chi connectivity index (χ1n) is 9.55. The first-order valence-corrected chi connectivity index (χ1v) is 11.0. The number of piperazine rings is 1. The Bertz CT molecular complexity index is 951. The Morgan fingerprint density at radius 3 is 2.14 bits per heavy atom. The van der Waals surface area contributed by atoms with Gasteiger partial charge in [-0.1, -0.05) is 30.3 Å². The lowest BCUT2D eigenvalue weighted by Crippen LogP contribution is -2.49. The third-order valence-corrected chi connectivity index (χ3v) is 6.43. The van der Waals surface area contributed by atoms with Crippen molar-refractivity contribution in [3.8, 4) is 0 Å². The quantitative estimate of drug-likeness (QED) is 0.698. The summed E-state index contributed by atoms with van der Waals surface area (Å²) < 4.78 is 27.1. The molecule has 0 bridgehead atoms. The molecule has 29 heavy (non-hydrogen) atoms. The highest BCUT2D eigenvalue weighted by Crippen LogP contribution is 2.16. The highest BCUT2D eigenvalue weighted by molar-refractivity contribution is 7.89. The van der Waals surface area contributed by atoms with Crippen LogP contribution in [0.1, 0.15) is 23.7 Å². The molecule has 154 valence electrons. The van der Waals surface area contributed by atoms with Crippen molar-refractivity contribution < 1.29 is 18.0 Å². The second-order valence-corrected chi connectivity index (χ2v) is 8.70. The number of sulfonamides is 1. The van der Waals surface area contributed by atoms with Crippen LogP contribution < -0.4 is 9.62 Å².